The first kappa shape index (κ1) is 12.6. The molecule has 0 radical (unpaired) electrons. The van der Waals surface area contributed by atoms with Crippen LogP contribution in [0.2, 0.25) is 0 Å². The molecule has 2 aromatic carbocycles. The Kier molecular flexibility index (Phi) is 2.61. The van der Waals surface area contributed by atoms with Crippen molar-refractivity contribution in [3.8, 4) is 11.5 Å². The van der Waals surface area contributed by atoms with Crippen LogP contribution >= 0.6 is 0 Å². The number of rotatable bonds is 2. The van der Waals surface area contributed by atoms with Crippen molar-refractivity contribution in [1.82, 2.24) is 4.98 Å². The number of hydrogen-bond donors (Lipinski definition) is 1. The Morgan fingerprint density at radius 3 is 2.96 bits per heavy atom. The largest absolute Gasteiger partial charge is 0.454 e. The van der Waals surface area contributed by atoms with Crippen LogP contribution < -0.4 is 9.47 Å². The van der Waals surface area contributed by atoms with Crippen molar-refractivity contribution in [2.75, 3.05) is 6.79 Å². The first-order valence-corrected chi connectivity index (χ1v) is 7.57. The Labute approximate surface area is 132 Å². The maximum Gasteiger partial charge on any atom is 0.231 e. The predicted octanol–water partition coefficient (Wildman–Crippen LogP) is 3.76. The maximum atomic E-state index is 5.69. The summed E-state index contributed by atoms with van der Waals surface area (Å²) in [5.74, 6) is 1.54. The number of benzene rings is 2. The molecule has 2 aliphatic rings. The minimum atomic E-state index is -0.0634. The highest BCUT2D eigenvalue weighted by Gasteiger charge is 2.27. The van der Waals surface area contributed by atoms with Crippen LogP contribution in [-0.2, 0) is 4.84 Å². The zero-order chi connectivity index (χ0) is 15.2. The minimum Gasteiger partial charge on any atom is -0.454 e. The number of para-hydroxylation sites is 1. The fourth-order valence-electron chi connectivity index (χ4n) is 3.15. The summed E-state index contributed by atoms with van der Waals surface area (Å²) in [5, 5.41) is 5.46. The standard InChI is InChI=1S/C18H14N2O3/c1-2-4-14-12(3-1)13(9-19-14)17-8-15(20-23-17)11-5-6-16-18(7-11)22-10-21-16/h1-7,9,17,19H,8,10H2. The SMILES string of the molecule is c1ccc2c(C3CC(c4ccc5c(c4)OCO5)=NO3)c[nH]c2c1. The van der Waals surface area contributed by atoms with E-state index in [1.54, 1.807) is 0 Å². The monoisotopic (exact) mass is 306 g/mol. The van der Waals surface area contributed by atoms with E-state index in [-0.39, 0.29) is 12.9 Å². The van der Waals surface area contributed by atoms with Gasteiger partial charge < -0.3 is 19.3 Å². The van der Waals surface area contributed by atoms with Crippen LogP contribution in [-0.4, -0.2) is 17.5 Å². The Balaban J connectivity index is 1.44. The molecule has 0 bridgehead atoms. The van der Waals surface area contributed by atoms with Gasteiger partial charge >= 0.3 is 0 Å². The molecule has 5 nitrogen and oxygen atoms in total. The van der Waals surface area contributed by atoms with E-state index in [4.69, 9.17) is 14.3 Å². The molecule has 3 heterocycles. The van der Waals surface area contributed by atoms with Gasteiger partial charge in [-0.3, -0.25) is 0 Å². The average molecular weight is 306 g/mol. The van der Waals surface area contributed by atoms with Crippen LogP contribution in [0.4, 0.5) is 0 Å². The minimum absolute atomic E-state index is 0.0634. The molecule has 2 aliphatic heterocycles. The van der Waals surface area contributed by atoms with E-state index >= 15 is 0 Å². The van der Waals surface area contributed by atoms with Crippen molar-refractivity contribution in [1.29, 1.82) is 0 Å². The molecule has 114 valence electrons. The number of H-pyrrole nitrogens is 1. The molecule has 0 spiro atoms. The van der Waals surface area contributed by atoms with Crippen LogP contribution in [0.3, 0.4) is 0 Å². The fraction of sp³-hybridized carbons (Fsp3) is 0.167. The van der Waals surface area contributed by atoms with E-state index in [1.807, 2.05) is 36.5 Å². The molecule has 1 atom stereocenters. The van der Waals surface area contributed by atoms with Gasteiger partial charge in [-0.2, -0.15) is 0 Å². The Bertz CT molecular complexity index is 929. The van der Waals surface area contributed by atoms with Crippen LogP contribution in [0.15, 0.2) is 53.8 Å². The molecule has 1 aromatic heterocycles. The predicted molar refractivity (Wildman–Crippen MR) is 85.8 cm³/mol. The highest BCUT2D eigenvalue weighted by Crippen LogP contribution is 2.37. The third-order valence-electron chi connectivity index (χ3n) is 4.34. The Hall–Kier alpha value is -2.95. The molecule has 0 saturated heterocycles. The van der Waals surface area contributed by atoms with Gasteiger partial charge in [-0.15, -0.1) is 0 Å². The second kappa shape index (κ2) is 4.78. The van der Waals surface area contributed by atoms with Crippen LogP contribution in [0.25, 0.3) is 10.9 Å². The number of oxime groups is 1. The molecule has 23 heavy (non-hydrogen) atoms. The number of nitrogens with one attached hydrogen (secondary N) is 1. The van der Waals surface area contributed by atoms with Crippen LogP contribution in [0.5, 0.6) is 11.5 Å². The smallest absolute Gasteiger partial charge is 0.231 e. The van der Waals surface area contributed by atoms with E-state index < -0.39 is 0 Å². The van der Waals surface area contributed by atoms with Crippen molar-refractivity contribution in [3.05, 3.63) is 59.8 Å². The normalized spacial score (nSPS) is 19.0. The lowest BCUT2D eigenvalue weighted by Crippen LogP contribution is -2.01. The van der Waals surface area contributed by atoms with Gasteiger partial charge in [-0.05, 0) is 24.3 Å². The van der Waals surface area contributed by atoms with Crippen molar-refractivity contribution < 1.29 is 14.3 Å². The summed E-state index contributed by atoms with van der Waals surface area (Å²) in [6.07, 6.45) is 2.68. The van der Waals surface area contributed by atoms with Crippen molar-refractivity contribution in [2.45, 2.75) is 12.5 Å². The van der Waals surface area contributed by atoms with Gasteiger partial charge in [-0.25, -0.2) is 0 Å². The summed E-state index contributed by atoms with van der Waals surface area (Å²) >= 11 is 0. The van der Waals surface area contributed by atoms with E-state index in [0.717, 1.165) is 40.3 Å². The van der Waals surface area contributed by atoms with Gasteiger partial charge in [0.25, 0.3) is 0 Å². The second-order valence-electron chi connectivity index (χ2n) is 5.69. The average Bonchev–Trinajstić information content (AvgIpc) is 3.32. The number of aromatic nitrogens is 1. The zero-order valence-corrected chi connectivity index (χ0v) is 12.3. The molecular weight excluding hydrogens is 292 g/mol. The van der Waals surface area contributed by atoms with Gasteiger partial charge in [0.15, 0.2) is 17.6 Å². The van der Waals surface area contributed by atoms with E-state index in [0.29, 0.717) is 0 Å². The summed E-state index contributed by atoms with van der Waals surface area (Å²) in [6.45, 7) is 0.278. The highest BCUT2D eigenvalue weighted by atomic mass is 16.7. The van der Waals surface area contributed by atoms with E-state index in [9.17, 15) is 0 Å². The first-order valence-electron chi connectivity index (χ1n) is 7.57. The first-order chi connectivity index (χ1) is 11.4. The van der Waals surface area contributed by atoms with Gasteiger partial charge in [-0.1, -0.05) is 23.4 Å². The molecular formula is C18H14N2O3. The Morgan fingerprint density at radius 2 is 1.96 bits per heavy atom. The molecule has 1 N–H and O–H groups in total. The number of ether oxygens (including phenoxy) is 2. The van der Waals surface area contributed by atoms with Crippen LogP contribution in [0, 0.1) is 0 Å². The topological polar surface area (TPSA) is 55.8 Å². The summed E-state index contributed by atoms with van der Waals surface area (Å²) < 4.78 is 10.8. The van der Waals surface area contributed by atoms with Crippen molar-refractivity contribution in [3.63, 3.8) is 0 Å². The number of aromatic amines is 1. The van der Waals surface area contributed by atoms with Crippen molar-refractivity contribution >= 4 is 16.6 Å². The fourth-order valence-corrected chi connectivity index (χ4v) is 3.15. The maximum absolute atomic E-state index is 5.69. The van der Waals surface area contributed by atoms with Crippen LogP contribution in [0.1, 0.15) is 23.7 Å². The third kappa shape index (κ3) is 1.97. The van der Waals surface area contributed by atoms with Gasteiger partial charge in [0.05, 0.1) is 5.71 Å². The molecule has 0 aliphatic carbocycles. The molecule has 0 fully saturated rings. The molecule has 3 aromatic rings. The second-order valence-corrected chi connectivity index (χ2v) is 5.69. The summed E-state index contributed by atoms with van der Waals surface area (Å²) in [6, 6.07) is 14.1. The van der Waals surface area contributed by atoms with Gasteiger partial charge in [0.2, 0.25) is 6.79 Å². The molecule has 5 rings (SSSR count). The molecule has 0 amide bonds. The summed E-state index contributed by atoms with van der Waals surface area (Å²) in [7, 11) is 0. The molecule has 0 saturated carbocycles. The lowest BCUT2D eigenvalue weighted by atomic mass is 9.99. The van der Waals surface area contributed by atoms with E-state index in [1.165, 1.54) is 5.39 Å². The quantitative estimate of drug-likeness (QED) is 0.784. The molecule has 1 unspecified atom stereocenters. The van der Waals surface area contributed by atoms with Crippen molar-refractivity contribution in [2.24, 2.45) is 5.16 Å². The van der Waals surface area contributed by atoms with Gasteiger partial charge in [0.1, 0.15) is 0 Å². The lowest BCUT2D eigenvalue weighted by Gasteiger charge is -2.06. The summed E-state index contributed by atoms with van der Waals surface area (Å²) in [4.78, 5) is 8.97. The third-order valence-corrected chi connectivity index (χ3v) is 4.34. The highest BCUT2D eigenvalue weighted by molar-refractivity contribution is 6.02. The lowest BCUT2D eigenvalue weighted by molar-refractivity contribution is 0.0868. The summed E-state index contributed by atoms with van der Waals surface area (Å²) in [5.41, 5.74) is 4.19. The number of fused-ring (bicyclic) bond motifs is 2. The number of nitrogens with zero attached hydrogens (tertiary/aromatic N) is 1. The number of hydrogen-bond acceptors (Lipinski definition) is 4. The zero-order valence-electron chi connectivity index (χ0n) is 12.3. The Morgan fingerprint density at radius 1 is 1.04 bits per heavy atom. The molecule has 5 heteroatoms. The van der Waals surface area contributed by atoms with Gasteiger partial charge in [0, 0.05) is 34.6 Å². The van der Waals surface area contributed by atoms with E-state index in [2.05, 4.69) is 22.3 Å².